The lowest BCUT2D eigenvalue weighted by Crippen LogP contribution is -2.34. The smallest absolute Gasteiger partial charge is 0.330 e. The van der Waals surface area contributed by atoms with Crippen molar-refractivity contribution in [3.63, 3.8) is 0 Å². The van der Waals surface area contributed by atoms with Gasteiger partial charge in [-0.1, -0.05) is 0 Å². The van der Waals surface area contributed by atoms with Gasteiger partial charge < -0.3 is 11.1 Å². The summed E-state index contributed by atoms with van der Waals surface area (Å²) in [7, 11) is 0. The lowest BCUT2D eigenvalue weighted by molar-refractivity contribution is 0.629. The molecule has 0 spiro atoms. The van der Waals surface area contributed by atoms with Crippen molar-refractivity contribution in [2.45, 2.75) is 19.9 Å². The Balaban J connectivity index is 2.21. The van der Waals surface area contributed by atoms with Crippen LogP contribution in [0.25, 0.3) is 0 Å². The Kier molecular flexibility index (Phi) is 4.00. The monoisotopic (exact) mass is 270 g/mol. The van der Waals surface area contributed by atoms with Gasteiger partial charge in [-0.15, -0.1) is 0 Å². The summed E-state index contributed by atoms with van der Waals surface area (Å²) in [6, 6.07) is 0. The second-order valence-electron chi connectivity index (χ2n) is 4.37. The largest absolute Gasteiger partial charge is 0.383 e. The van der Waals surface area contributed by atoms with Crippen molar-refractivity contribution in [1.29, 1.82) is 0 Å². The van der Waals surface area contributed by atoms with E-state index in [0.29, 0.717) is 18.2 Å². The van der Waals surface area contributed by atoms with Gasteiger partial charge in [-0.3, -0.25) is 14.3 Å². The van der Waals surface area contributed by atoms with Crippen molar-refractivity contribution in [3.8, 4) is 0 Å². The summed E-state index contributed by atoms with van der Waals surface area (Å²) >= 11 is 1.92. The number of nitrogens with zero attached hydrogens (tertiary/aromatic N) is 1. The fourth-order valence-electron chi connectivity index (χ4n) is 2.06. The van der Waals surface area contributed by atoms with Gasteiger partial charge in [-0.25, -0.2) is 4.79 Å². The van der Waals surface area contributed by atoms with Gasteiger partial charge in [0.05, 0.1) is 0 Å². The van der Waals surface area contributed by atoms with Gasteiger partial charge in [0.15, 0.2) is 0 Å². The minimum atomic E-state index is -0.457. The maximum atomic E-state index is 11.7. The van der Waals surface area contributed by atoms with Gasteiger partial charge in [-0.2, -0.15) is 11.8 Å². The van der Waals surface area contributed by atoms with E-state index in [4.69, 9.17) is 5.73 Å². The van der Waals surface area contributed by atoms with E-state index in [1.807, 2.05) is 18.7 Å². The first-order chi connectivity index (χ1) is 8.63. The second-order valence-corrected chi connectivity index (χ2v) is 5.52. The minimum absolute atomic E-state index is 0.219. The molecule has 6 nitrogen and oxygen atoms in total. The Labute approximate surface area is 109 Å². The molecular formula is C11H18N4O2S. The first-order valence-corrected chi connectivity index (χ1v) is 7.23. The predicted molar refractivity (Wildman–Crippen MR) is 75.3 cm³/mol. The van der Waals surface area contributed by atoms with Crippen LogP contribution in [0.2, 0.25) is 0 Å². The molecule has 0 radical (unpaired) electrons. The van der Waals surface area contributed by atoms with Crippen molar-refractivity contribution in [3.05, 3.63) is 20.8 Å². The summed E-state index contributed by atoms with van der Waals surface area (Å²) < 4.78 is 1.35. The third kappa shape index (κ3) is 2.55. The van der Waals surface area contributed by atoms with E-state index in [1.165, 1.54) is 10.3 Å². The van der Waals surface area contributed by atoms with Gasteiger partial charge in [0.1, 0.15) is 11.5 Å². The molecule has 18 heavy (non-hydrogen) atoms. The van der Waals surface area contributed by atoms with E-state index in [0.717, 1.165) is 18.7 Å². The zero-order valence-corrected chi connectivity index (χ0v) is 11.2. The molecule has 1 aromatic rings. The third-order valence-corrected chi connectivity index (χ3v) is 4.38. The number of hydrogen-bond donors (Lipinski definition) is 3. The van der Waals surface area contributed by atoms with Gasteiger partial charge >= 0.3 is 5.69 Å². The molecule has 1 atom stereocenters. The first kappa shape index (κ1) is 13.1. The molecule has 0 bridgehead atoms. The van der Waals surface area contributed by atoms with E-state index in [9.17, 15) is 9.59 Å². The fourth-order valence-corrected chi connectivity index (χ4v) is 3.35. The molecule has 7 heteroatoms. The minimum Gasteiger partial charge on any atom is -0.383 e. The van der Waals surface area contributed by atoms with Crippen molar-refractivity contribution in [2.24, 2.45) is 5.92 Å². The molecule has 1 aliphatic heterocycles. The predicted octanol–water partition coefficient (Wildman–Crippen LogP) is 0.304. The summed E-state index contributed by atoms with van der Waals surface area (Å²) in [4.78, 5) is 25.5. The highest BCUT2D eigenvalue weighted by Crippen LogP contribution is 2.23. The quantitative estimate of drug-likeness (QED) is 0.732. The van der Waals surface area contributed by atoms with Crippen LogP contribution in [0.4, 0.5) is 11.5 Å². The molecule has 1 saturated heterocycles. The molecule has 0 aliphatic carbocycles. The summed E-state index contributed by atoms with van der Waals surface area (Å²) in [5.41, 5.74) is 5.28. The topological polar surface area (TPSA) is 92.9 Å². The van der Waals surface area contributed by atoms with Crippen LogP contribution in [0, 0.1) is 5.92 Å². The van der Waals surface area contributed by atoms with Gasteiger partial charge in [0.2, 0.25) is 0 Å². The molecular weight excluding hydrogens is 252 g/mol. The van der Waals surface area contributed by atoms with Crippen molar-refractivity contribution in [1.82, 2.24) is 9.55 Å². The number of thioether (sulfide) groups is 1. The molecule has 100 valence electrons. The molecule has 0 aromatic carbocycles. The normalized spacial score (nSPS) is 19.1. The highest BCUT2D eigenvalue weighted by molar-refractivity contribution is 7.99. The number of hydrogen-bond acceptors (Lipinski definition) is 5. The number of nitrogens with one attached hydrogen (secondary N) is 2. The Bertz CT molecular complexity index is 531. The zero-order chi connectivity index (χ0) is 13.1. The molecule has 1 unspecified atom stereocenters. The number of nitrogens with two attached hydrogens (primary N) is 1. The third-order valence-electron chi connectivity index (χ3n) is 3.15. The maximum absolute atomic E-state index is 11.7. The summed E-state index contributed by atoms with van der Waals surface area (Å²) in [5, 5.41) is 3.08. The number of nitrogen functional groups attached to an aromatic ring is 1. The maximum Gasteiger partial charge on any atom is 0.330 e. The van der Waals surface area contributed by atoms with Gasteiger partial charge in [0, 0.05) is 13.1 Å². The summed E-state index contributed by atoms with van der Waals surface area (Å²) in [6.45, 7) is 2.98. The van der Waals surface area contributed by atoms with Crippen LogP contribution >= 0.6 is 11.8 Å². The van der Waals surface area contributed by atoms with Crippen molar-refractivity contribution >= 4 is 23.3 Å². The van der Waals surface area contributed by atoms with E-state index in [2.05, 4.69) is 10.3 Å². The van der Waals surface area contributed by atoms with Crippen LogP contribution in [-0.2, 0) is 6.54 Å². The second kappa shape index (κ2) is 5.51. The zero-order valence-electron chi connectivity index (χ0n) is 10.4. The number of H-pyrrole nitrogens is 1. The van der Waals surface area contributed by atoms with Crippen molar-refractivity contribution in [2.75, 3.05) is 29.1 Å². The van der Waals surface area contributed by atoms with Crippen LogP contribution in [0.1, 0.15) is 13.3 Å². The molecule has 4 N–H and O–H groups in total. The molecule has 2 heterocycles. The molecule has 0 saturated carbocycles. The lowest BCUT2D eigenvalue weighted by Gasteiger charge is -2.14. The molecule has 1 aromatic heterocycles. The van der Waals surface area contributed by atoms with Crippen LogP contribution in [0.3, 0.4) is 0 Å². The summed E-state index contributed by atoms with van der Waals surface area (Å²) in [6.07, 6.45) is 1.16. The lowest BCUT2D eigenvalue weighted by atomic mass is 10.1. The van der Waals surface area contributed by atoms with Crippen molar-refractivity contribution < 1.29 is 0 Å². The SMILES string of the molecule is CCn1c(N)c(NCC2CCSC2)c(=O)[nH]c1=O. The standard InChI is InChI=1S/C11H18N4O2S/c1-2-15-9(12)8(10(16)14-11(15)17)13-5-7-3-4-18-6-7/h7,13H,2-6,12H2,1H3,(H,14,16,17). The van der Waals surface area contributed by atoms with Crippen LogP contribution < -0.4 is 22.3 Å². The Morgan fingerprint density at radius 2 is 2.33 bits per heavy atom. The average molecular weight is 270 g/mol. The van der Waals surface area contributed by atoms with E-state index in [-0.39, 0.29) is 5.82 Å². The molecule has 2 rings (SSSR count). The highest BCUT2D eigenvalue weighted by atomic mass is 32.2. The highest BCUT2D eigenvalue weighted by Gasteiger charge is 2.17. The van der Waals surface area contributed by atoms with Crippen LogP contribution in [0.15, 0.2) is 9.59 Å². The fraction of sp³-hybridized carbons (Fsp3) is 0.636. The molecule has 1 fully saturated rings. The molecule has 1 aliphatic rings. The number of rotatable bonds is 4. The van der Waals surface area contributed by atoms with Gasteiger partial charge in [0.25, 0.3) is 5.56 Å². The van der Waals surface area contributed by atoms with E-state index >= 15 is 0 Å². The Hall–Kier alpha value is -1.37. The average Bonchev–Trinajstić information content (AvgIpc) is 2.81. The van der Waals surface area contributed by atoms with Crippen LogP contribution in [0.5, 0.6) is 0 Å². The Morgan fingerprint density at radius 1 is 1.56 bits per heavy atom. The summed E-state index contributed by atoms with van der Waals surface area (Å²) in [5.74, 6) is 3.07. The van der Waals surface area contributed by atoms with E-state index in [1.54, 1.807) is 0 Å². The number of anilines is 2. The Morgan fingerprint density at radius 3 is 2.94 bits per heavy atom. The van der Waals surface area contributed by atoms with Gasteiger partial charge in [-0.05, 0) is 30.8 Å². The first-order valence-electron chi connectivity index (χ1n) is 6.07. The number of aromatic nitrogens is 2. The van der Waals surface area contributed by atoms with E-state index < -0.39 is 11.2 Å². The number of aromatic amines is 1. The van der Waals surface area contributed by atoms with Crippen LogP contribution in [-0.4, -0.2) is 27.6 Å². The molecule has 0 amide bonds.